The van der Waals surface area contributed by atoms with Crippen molar-refractivity contribution in [1.82, 2.24) is 15.2 Å². The first kappa shape index (κ1) is 28.8. The lowest BCUT2D eigenvalue weighted by molar-refractivity contribution is -0.427. The molecule has 0 radical (unpaired) electrons. The van der Waals surface area contributed by atoms with Crippen LogP contribution < -0.4 is 14.8 Å². The summed E-state index contributed by atoms with van der Waals surface area (Å²) in [5, 5.41) is 9.11. The molecule has 4 rings (SSSR count). The number of carbonyl (C=O) groups excluding carboxylic acids is 3. The Balaban J connectivity index is 1.46. The summed E-state index contributed by atoms with van der Waals surface area (Å²) in [6, 6.07) is 14.2. The van der Waals surface area contributed by atoms with E-state index in [0.717, 1.165) is 11.1 Å². The van der Waals surface area contributed by atoms with Gasteiger partial charge in [-0.1, -0.05) is 36.4 Å². The molecule has 1 unspecified atom stereocenters. The largest absolute Gasteiger partial charge is 0.501 e. The predicted molar refractivity (Wildman–Crippen MR) is 152 cm³/mol. The van der Waals surface area contributed by atoms with Crippen LogP contribution in [0.2, 0.25) is 0 Å². The van der Waals surface area contributed by atoms with E-state index in [-0.39, 0.29) is 24.9 Å². The average molecular weight is 549 g/mol. The SMILES string of the molecule is CCOc1ccc(CCNC(=O)C[N+]2=C3C(C)=NN(CC)C3C(=O)N(CCc3ccccc3)C2=O)cc1OCC. The van der Waals surface area contributed by atoms with E-state index in [1.165, 1.54) is 9.48 Å². The highest BCUT2D eigenvalue weighted by Crippen LogP contribution is 2.28. The molecular weight excluding hydrogens is 510 g/mol. The van der Waals surface area contributed by atoms with Gasteiger partial charge in [0, 0.05) is 19.5 Å². The first-order valence-electron chi connectivity index (χ1n) is 13.9. The Labute approximate surface area is 235 Å². The standard InChI is InChI=1S/C30H37N5O5/c1-5-35-28-27(21(4)32-35)34(30(38)33(29(28)37)18-16-22-11-9-8-10-12-22)20-26(36)31-17-15-23-13-14-24(39-6-2)25(19-23)40-7-3/h8-14,19,28H,5-7,15-18,20H2,1-4H3/p+1. The van der Waals surface area contributed by atoms with Crippen molar-refractivity contribution in [1.29, 1.82) is 0 Å². The van der Waals surface area contributed by atoms with Crippen LogP contribution in [0.25, 0.3) is 0 Å². The van der Waals surface area contributed by atoms with Gasteiger partial charge in [0.2, 0.25) is 6.04 Å². The molecule has 40 heavy (non-hydrogen) atoms. The zero-order valence-corrected chi connectivity index (χ0v) is 23.7. The summed E-state index contributed by atoms with van der Waals surface area (Å²) in [7, 11) is 0. The Hall–Kier alpha value is -4.21. The molecule has 2 aliphatic rings. The fourth-order valence-corrected chi connectivity index (χ4v) is 5.01. The molecular formula is C30H38N5O5+. The van der Waals surface area contributed by atoms with Crippen molar-refractivity contribution in [2.45, 2.75) is 46.6 Å². The van der Waals surface area contributed by atoms with Gasteiger partial charge in [-0.25, -0.2) is 4.79 Å². The number of carbonyl (C=O) groups is 3. The summed E-state index contributed by atoms with van der Waals surface area (Å²) >= 11 is 0. The lowest BCUT2D eigenvalue weighted by atomic mass is 10.0. The van der Waals surface area contributed by atoms with Gasteiger partial charge in [0.05, 0.1) is 13.2 Å². The predicted octanol–water partition coefficient (Wildman–Crippen LogP) is 2.88. The van der Waals surface area contributed by atoms with E-state index in [1.807, 2.05) is 69.3 Å². The second-order valence-corrected chi connectivity index (χ2v) is 9.57. The Morgan fingerprint density at radius 2 is 1.70 bits per heavy atom. The molecule has 2 aromatic rings. The number of nitrogens with zero attached hydrogens (tertiary/aromatic N) is 4. The van der Waals surface area contributed by atoms with E-state index in [9.17, 15) is 14.4 Å². The van der Waals surface area contributed by atoms with Crippen LogP contribution in [0, 0.1) is 0 Å². The third-order valence-electron chi connectivity index (χ3n) is 6.90. The molecule has 1 atom stereocenters. The number of nitrogens with one attached hydrogen (secondary N) is 1. The number of likely N-dealkylation sites (N-methyl/N-ethyl adjacent to an activating group) is 1. The quantitative estimate of drug-likeness (QED) is 0.386. The van der Waals surface area contributed by atoms with Gasteiger partial charge in [0.1, 0.15) is 12.3 Å². The van der Waals surface area contributed by atoms with E-state index in [2.05, 4.69) is 10.4 Å². The van der Waals surface area contributed by atoms with Crippen molar-refractivity contribution in [3.63, 3.8) is 0 Å². The Morgan fingerprint density at radius 1 is 0.975 bits per heavy atom. The second kappa shape index (κ2) is 13.2. The van der Waals surface area contributed by atoms with E-state index in [0.29, 0.717) is 62.1 Å². The highest BCUT2D eigenvalue weighted by molar-refractivity contribution is 6.48. The van der Waals surface area contributed by atoms with Crippen LogP contribution in [-0.2, 0) is 22.4 Å². The molecule has 2 aliphatic heterocycles. The molecule has 0 saturated carbocycles. The minimum absolute atomic E-state index is 0.197. The molecule has 212 valence electrons. The van der Waals surface area contributed by atoms with Gasteiger partial charge < -0.3 is 14.8 Å². The van der Waals surface area contributed by atoms with E-state index >= 15 is 0 Å². The van der Waals surface area contributed by atoms with Crippen molar-refractivity contribution in [2.75, 3.05) is 39.4 Å². The second-order valence-electron chi connectivity index (χ2n) is 9.57. The van der Waals surface area contributed by atoms with Crippen LogP contribution in [-0.4, -0.2) is 89.2 Å². The number of amides is 4. The highest BCUT2D eigenvalue weighted by atomic mass is 16.5. The van der Waals surface area contributed by atoms with Crippen LogP contribution in [0.3, 0.4) is 0 Å². The van der Waals surface area contributed by atoms with Crippen molar-refractivity contribution in [3.05, 3.63) is 59.7 Å². The smallest absolute Gasteiger partial charge is 0.490 e. The molecule has 0 saturated heterocycles. The van der Waals surface area contributed by atoms with Gasteiger partial charge in [-0.2, -0.15) is 19.4 Å². The number of fused-ring (bicyclic) bond motifs is 1. The number of benzene rings is 2. The number of hydrogen-bond donors (Lipinski definition) is 1. The number of ether oxygens (including phenoxy) is 2. The lowest BCUT2D eigenvalue weighted by Gasteiger charge is -2.28. The molecule has 2 aromatic carbocycles. The summed E-state index contributed by atoms with van der Waals surface area (Å²) < 4.78 is 12.7. The van der Waals surface area contributed by atoms with Crippen molar-refractivity contribution < 1.29 is 28.4 Å². The van der Waals surface area contributed by atoms with Gasteiger partial charge in [0.25, 0.3) is 5.91 Å². The van der Waals surface area contributed by atoms with Gasteiger partial charge >= 0.3 is 11.9 Å². The van der Waals surface area contributed by atoms with Crippen LogP contribution in [0.5, 0.6) is 11.5 Å². The molecule has 0 fully saturated rings. The molecule has 0 aromatic heterocycles. The fourth-order valence-electron chi connectivity index (χ4n) is 5.01. The minimum atomic E-state index is -0.716. The molecule has 2 heterocycles. The monoisotopic (exact) mass is 548 g/mol. The first-order valence-corrected chi connectivity index (χ1v) is 13.9. The zero-order valence-electron chi connectivity index (χ0n) is 23.7. The number of imide groups is 1. The van der Waals surface area contributed by atoms with Gasteiger partial charge in [-0.3, -0.25) is 9.80 Å². The summed E-state index contributed by atoms with van der Waals surface area (Å²) in [5.74, 6) is 0.742. The van der Waals surface area contributed by atoms with Crippen molar-refractivity contribution >= 4 is 29.3 Å². The van der Waals surface area contributed by atoms with Gasteiger partial charge in [0.15, 0.2) is 23.8 Å². The first-order chi connectivity index (χ1) is 19.4. The van der Waals surface area contributed by atoms with Crippen LogP contribution in [0.4, 0.5) is 4.79 Å². The summed E-state index contributed by atoms with van der Waals surface area (Å²) in [4.78, 5) is 41.4. The fraction of sp³-hybridized carbons (Fsp3) is 0.433. The van der Waals surface area contributed by atoms with E-state index in [4.69, 9.17) is 9.47 Å². The van der Waals surface area contributed by atoms with Gasteiger partial charge in [-0.15, -0.1) is 0 Å². The average Bonchev–Trinajstić information content (AvgIpc) is 3.29. The van der Waals surface area contributed by atoms with Gasteiger partial charge in [-0.05, 0) is 57.4 Å². The summed E-state index contributed by atoms with van der Waals surface area (Å²) in [6.45, 7) is 9.49. The molecule has 10 heteroatoms. The maximum absolute atomic E-state index is 13.6. The van der Waals surface area contributed by atoms with Crippen LogP contribution in [0.15, 0.2) is 53.6 Å². The number of rotatable bonds is 13. The molecule has 0 aliphatic carbocycles. The number of hydrazone groups is 1. The Morgan fingerprint density at radius 3 is 2.40 bits per heavy atom. The molecule has 4 amide bonds. The maximum Gasteiger partial charge on any atom is 0.501 e. The Bertz CT molecular complexity index is 1310. The molecule has 1 N–H and O–H groups in total. The van der Waals surface area contributed by atoms with Crippen molar-refractivity contribution in [2.24, 2.45) is 5.10 Å². The van der Waals surface area contributed by atoms with E-state index < -0.39 is 12.1 Å². The third-order valence-corrected chi connectivity index (χ3v) is 6.90. The normalized spacial score (nSPS) is 16.7. The zero-order chi connectivity index (χ0) is 28.6. The molecule has 10 nitrogen and oxygen atoms in total. The summed E-state index contributed by atoms with van der Waals surface area (Å²) in [5.41, 5.74) is 3.07. The number of urea groups is 1. The minimum Gasteiger partial charge on any atom is -0.490 e. The van der Waals surface area contributed by atoms with Crippen LogP contribution >= 0.6 is 0 Å². The molecule has 0 bridgehead atoms. The third kappa shape index (κ3) is 6.32. The van der Waals surface area contributed by atoms with E-state index in [1.54, 1.807) is 11.9 Å². The highest BCUT2D eigenvalue weighted by Gasteiger charge is 2.54. The topological polar surface area (TPSA) is 104 Å². The lowest BCUT2D eigenvalue weighted by Crippen LogP contribution is -2.62. The molecule has 0 spiro atoms. The maximum atomic E-state index is 13.6. The van der Waals surface area contributed by atoms with Crippen molar-refractivity contribution in [3.8, 4) is 11.5 Å². The Kier molecular flexibility index (Phi) is 9.52. The van der Waals surface area contributed by atoms with Crippen LogP contribution in [0.1, 0.15) is 38.8 Å². The number of hydrogen-bond acceptors (Lipinski definition) is 7. The summed E-state index contributed by atoms with van der Waals surface area (Å²) in [6.07, 6.45) is 1.11.